The molecule has 5 rings (SSSR count). The van der Waals surface area contributed by atoms with E-state index in [1.54, 1.807) is 48.7 Å². The van der Waals surface area contributed by atoms with E-state index < -0.39 is 51.0 Å². The number of hydrogen-bond acceptors (Lipinski definition) is 8. The van der Waals surface area contributed by atoms with Crippen molar-refractivity contribution < 1.29 is 40.7 Å². The fourth-order valence-electron chi connectivity index (χ4n) is 5.06. The van der Waals surface area contributed by atoms with Crippen LogP contribution in [-0.4, -0.2) is 60.3 Å². The Morgan fingerprint density at radius 2 is 1.67 bits per heavy atom. The summed E-state index contributed by atoms with van der Waals surface area (Å²) in [7, 11) is -3.99. The molecule has 2 aromatic heterocycles. The number of nitrogens with one attached hydrogen (secondary N) is 1. The number of rotatable bonds is 10. The summed E-state index contributed by atoms with van der Waals surface area (Å²) in [5, 5.41) is 12.1. The van der Waals surface area contributed by atoms with Crippen molar-refractivity contribution in [2.45, 2.75) is 37.2 Å². The molecular formula is C31H29F3N4O6S. The molecule has 14 heteroatoms. The third kappa shape index (κ3) is 7.69. The average Bonchev–Trinajstić information content (AvgIpc) is 3.47. The van der Waals surface area contributed by atoms with E-state index in [1.807, 2.05) is 4.90 Å². The van der Waals surface area contributed by atoms with Gasteiger partial charge < -0.3 is 19.7 Å². The molecule has 0 spiro atoms. The predicted molar refractivity (Wildman–Crippen MR) is 159 cm³/mol. The molecule has 2 aromatic carbocycles. The molecule has 1 aliphatic rings. The molecule has 4 aromatic rings. The maximum atomic E-state index is 13.6. The number of carbonyl (C=O) groups is 2. The Hall–Kier alpha value is -4.72. The normalized spacial score (nSPS) is 14.6. The molecule has 0 radical (unpaired) electrons. The molecular weight excluding hydrogens is 613 g/mol. The second kappa shape index (κ2) is 13.1. The fourth-order valence-corrected chi connectivity index (χ4v) is 6.61. The Morgan fingerprint density at radius 3 is 2.31 bits per heavy atom. The molecule has 0 unspecified atom stereocenters. The van der Waals surface area contributed by atoms with Crippen LogP contribution in [0.2, 0.25) is 0 Å². The Morgan fingerprint density at radius 1 is 0.978 bits per heavy atom. The van der Waals surface area contributed by atoms with E-state index in [9.17, 15) is 36.3 Å². The maximum absolute atomic E-state index is 13.6. The highest BCUT2D eigenvalue weighted by Crippen LogP contribution is 2.37. The number of piperidine rings is 1. The SMILES string of the molecule is O=C(N[C@@H](CS(=O)(=O)Cc1ccccc1)C(=O)O)c1nc(-c2ccc(C(F)(F)F)cc2)oc1-c1cccnc1N1CCCCC1. The standard InChI is InChI=1S/C31H29F3N4O6S/c32-31(33,34)22-13-11-21(12-14-22)29-37-25(26(44-29)23-10-7-15-35-27(23)38-16-5-2-6-17-38)28(39)36-24(30(40)41)19-45(42,43)18-20-8-3-1-4-9-20/h1,3-4,7-15,24H,2,5-6,16-19H2,(H,36,39)(H,40,41)/t24-/m0/s1. The lowest BCUT2D eigenvalue weighted by Gasteiger charge is -2.29. The Bertz CT molecular complexity index is 1770. The van der Waals surface area contributed by atoms with Crippen LogP contribution in [0, 0.1) is 0 Å². The number of amides is 1. The number of pyridine rings is 1. The van der Waals surface area contributed by atoms with Crippen LogP contribution >= 0.6 is 0 Å². The van der Waals surface area contributed by atoms with Gasteiger partial charge in [0.15, 0.2) is 21.3 Å². The van der Waals surface area contributed by atoms with Crippen molar-refractivity contribution in [1.82, 2.24) is 15.3 Å². The summed E-state index contributed by atoms with van der Waals surface area (Å²) in [6.45, 7) is 1.37. The predicted octanol–water partition coefficient (Wildman–Crippen LogP) is 5.21. The minimum atomic E-state index is -4.57. The molecule has 1 amide bonds. The zero-order chi connectivity index (χ0) is 32.2. The van der Waals surface area contributed by atoms with Crippen molar-refractivity contribution in [2.24, 2.45) is 0 Å². The number of halogens is 3. The molecule has 0 bridgehead atoms. The summed E-state index contributed by atoms with van der Waals surface area (Å²) in [5.74, 6) is -3.75. The van der Waals surface area contributed by atoms with Crippen LogP contribution in [0.3, 0.4) is 0 Å². The van der Waals surface area contributed by atoms with Crippen LogP contribution in [0.5, 0.6) is 0 Å². The number of sulfone groups is 1. The molecule has 1 atom stereocenters. The first kappa shape index (κ1) is 31.7. The molecule has 0 saturated carbocycles. The van der Waals surface area contributed by atoms with E-state index >= 15 is 0 Å². The van der Waals surface area contributed by atoms with Crippen LogP contribution < -0.4 is 10.2 Å². The van der Waals surface area contributed by atoms with Crippen molar-refractivity contribution >= 4 is 27.5 Å². The summed E-state index contributed by atoms with van der Waals surface area (Å²) in [6, 6.07) is 13.6. The molecule has 1 saturated heterocycles. The van der Waals surface area contributed by atoms with Gasteiger partial charge in [0.1, 0.15) is 11.9 Å². The zero-order valence-electron chi connectivity index (χ0n) is 23.8. The zero-order valence-corrected chi connectivity index (χ0v) is 24.6. The molecule has 2 N–H and O–H groups in total. The number of aliphatic carboxylic acids is 1. The number of hydrogen-bond donors (Lipinski definition) is 2. The van der Waals surface area contributed by atoms with Crippen molar-refractivity contribution in [3.8, 4) is 22.8 Å². The number of alkyl halides is 3. The van der Waals surface area contributed by atoms with Crippen LogP contribution in [0.25, 0.3) is 22.8 Å². The summed E-state index contributed by atoms with van der Waals surface area (Å²) in [5.41, 5.74) is -0.319. The van der Waals surface area contributed by atoms with E-state index in [0.717, 1.165) is 43.5 Å². The van der Waals surface area contributed by atoms with E-state index in [2.05, 4.69) is 15.3 Å². The lowest BCUT2D eigenvalue weighted by Crippen LogP contribution is -2.45. The molecule has 1 aliphatic heterocycles. The largest absolute Gasteiger partial charge is 0.480 e. The van der Waals surface area contributed by atoms with E-state index in [4.69, 9.17) is 4.42 Å². The molecule has 0 aliphatic carbocycles. The highest BCUT2D eigenvalue weighted by molar-refractivity contribution is 7.90. The van der Waals surface area contributed by atoms with Crippen molar-refractivity contribution in [3.63, 3.8) is 0 Å². The van der Waals surface area contributed by atoms with E-state index in [0.29, 0.717) is 30.0 Å². The summed E-state index contributed by atoms with van der Waals surface area (Å²) in [6.07, 6.45) is -0.144. The van der Waals surface area contributed by atoms with Gasteiger partial charge in [-0.1, -0.05) is 30.3 Å². The lowest BCUT2D eigenvalue weighted by molar-refractivity contribution is -0.139. The van der Waals surface area contributed by atoms with Crippen molar-refractivity contribution in [3.05, 3.63) is 89.7 Å². The number of benzene rings is 2. The van der Waals surface area contributed by atoms with E-state index in [-0.39, 0.29) is 22.9 Å². The van der Waals surface area contributed by atoms with Crippen LogP contribution in [0.4, 0.5) is 19.0 Å². The number of anilines is 1. The number of nitrogens with zero attached hydrogens (tertiary/aromatic N) is 3. The quantitative estimate of drug-likeness (QED) is 0.238. The number of carboxylic acids is 1. The van der Waals surface area contributed by atoms with Gasteiger partial charge in [-0.05, 0) is 61.2 Å². The highest BCUT2D eigenvalue weighted by atomic mass is 32.2. The third-order valence-electron chi connectivity index (χ3n) is 7.24. The topological polar surface area (TPSA) is 143 Å². The Balaban J connectivity index is 1.51. The molecule has 10 nitrogen and oxygen atoms in total. The summed E-state index contributed by atoms with van der Waals surface area (Å²) < 4.78 is 71.3. The minimum Gasteiger partial charge on any atom is -0.480 e. The smallest absolute Gasteiger partial charge is 0.416 e. The van der Waals surface area contributed by atoms with Gasteiger partial charge in [0.25, 0.3) is 5.91 Å². The summed E-state index contributed by atoms with van der Waals surface area (Å²) in [4.78, 5) is 36.5. The van der Waals surface area contributed by atoms with E-state index in [1.165, 1.54) is 0 Å². The monoisotopic (exact) mass is 642 g/mol. The van der Waals surface area contributed by atoms with Crippen molar-refractivity contribution in [2.75, 3.05) is 23.7 Å². The summed E-state index contributed by atoms with van der Waals surface area (Å²) >= 11 is 0. The second-order valence-electron chi connectivity index (χ2n) is 10.6. The van der Waals surface area contributed by atoms with Crippen molar-refractivity contribution in [1.29, 1.82) is 0 Å². The first-order chi connectivity index (χ1) is 21.4. The van der Waals surface area contributed by atoms with Gasteiger partial charge in [0.05, 0.1) is 22.6 Å². The first-order valence-corrected chi connectivity index (χ1v) is 15.9. The molecule has 45 heavy (non-hydrogen) atoms. The third-order valence-corrected chi connectivity index (χ3v) is 8.86. The lowest BCUT2D eigenvalue weighted by atomic mass is 10.1. The average molecular weight is 643 g/mol. The van der Waals surface area contributed by atoms with Gasteiger partial charge >= 0.3 is 12.1 Å². The van der Waals surface area contributed by atoms with Crippen LogP contribution in [-0.2, 0) is 26.6 Å². The second-order valence-corrected chi connectivity index (χ2v) is 12.7. The Labute approximate surface area is 256 Å². The fraction of sp³-hybridized carbons (Fsp3) is 0.290. The number of carbonyl (C=O) groups excluding carboxylic acids is 1. The molecule has 3 heterocycles. The van der Waals surface area contributed by atoms with Gasteiger partial charge in [-0.2, -0.15) is 13.2 Å². The number of carboxylic acid groups (broad SMARTS) is 1. The van der Waals surface area contributed by atoms with Gasteiger partial charge in [-0.3, -0.25) is 4.79 Å². The first-order valence-electron chi connectivity index (χ1n) is 14.1. The highest BCUT2D eigenvalue weighted by Gasteiger charge is 2.33. The number of aromatic nitrogens is 2. The molecule has 236 valence electrons. The van der Waals surface area contributed by atoms with Gasteiger partial charge in [-0.25, -0.2) is 23.2 Å². The Kier molecular flexibility index (Phi) is 9.23. The van der Waals surface area contributed by atoms with Gasteiger partial charge in [0.2, 0.25) is 5.89 Å². The molecule has 1 fully saturated rings. The van der Waals surface area contributed by atoms with Gasteiger partial charge in [0, 0.05) is 24.8 Å². The maximum Gasteiger partial charge on any atom is 0.416 e. The van der Waals surface area contributed by atoms with Gasteiger partial charge in [-0.15, -0.1) is 0 Å². The number of oxazole rings is 1. The van der Waals surface area contributed by atoms with Crippen LogP contribution in [0.15, 0.2) is 77.3 Å². The minimum absolute atomic E-state index is 0.0904. The van der Waals surface area contributed by atoms with Crippen LogP contribution in [0.1, 0.15) is 40.9 Å².